The van der Waals surface area contributed by atoms with Crippen molar-refractivity contribution in [1.29, 1.82) is 0 Å². The summed E-state index contributed by atoms with van der Waals surface area (Å²) in [5, 5.41) is 17.0. The topological polar surface area (TPSA) is 114 Å². The third-order valence-electron chi connectivity index (χ3n) is 13.5. The second-order valence-electron chi connectivity index (χ2n) is 16.8. The maximum absolute atomic E-state index is 12.7. The normalized spacial score (nSPS) is 31.7. The van der Waals surface area contributed by atoms with Crippen molar-refractivity contribution in [2.75, 3.05) is 26.3 Å². The Morgan fingerprint density at radius 2 is 1.44 bits per heavy atom. The first kappa shape index (κ1) is 38.6. The summed E-state index contributed by atoms with van der Waals surface area (Å²) in [7, 11) is 0. The SMILES string of the molecule is CCCCCNC(=O)COc1cc(CCC[C@@H]2CC3CC(=O)CC[C@]3(C)[C@H]3CC[C@]4(C)[C@@H](O)CC[C@H]4[C@H]23)cc(OCC(=O)NCCCCC)c1. The molecule has 280 valence electrons. The predicted molar refractivity (Wildman–Crippen MR) is 197 cm³/mol. The average molecular weight is 695 g/mol. The number of benzene rings is 1. The Morgan fingerprint density at radius 3 is 2.06 bits per heavy atom. The van der Waals surface area contributed by atoms with Crippen molar-refractivity contribution in [3.8, 4) is 11.5 Å². The van der Waals surface area contributed by atoms with E-state index in [9.17, 15) is 19.5 Å². The minimum absolute atomic E-state index is 0.00952. The fourth-order valence-electron chi connectivity index (χ4n) is 10.6. The number of ether oxygens (including phenoxy) is 2. The number of nitrogens with one attached hydrogen (secondary N) is 2. The highest BCUT2D eigenvalue weighted by Gasteiger charge is 2.62. The number of hydrogen-bond acceptors (Lipinski definition) is 6. The van der Waals surface area contributed by atoms with E-state index in [-0.39, 0.29) is 42.0 Å². The molecule has 0 aromatic heterocycles. The van der Waals surface area contributed by atoms with Crippen LogP contribution in [-0.4, -0.2) is 55.1 Å². The van der Waals surface area contributed by atoms with Crippen LogP contribution in [-0.2, 0) is 20.8 Å². The molecule has 1 aromatic carbocycles. The van der Waals surface area contributed by atoms with Crippen LogP contribution in [0, 0.1) is 40.4 Å². The summed E-state index contributed by atoms with van der Waals surface area (Å²) >= 11 is 0. The van der Waals surface area contributed by atoms with Gasteiger partial charge in [-0.3, -0.25) is 14.4 Å². The van der Waals surface area contributed by atoms with E-state index in [1.807, 2.05) is 12.1 Å². The standard InChI is InChI=1S/C42H66N2O6/c1-5-7-9-20-43-38(47)27-49-33-22-29(23-34(26-33)50-28-39(48)44-21-10-8-6-2)12-11-13-30-24-31-25-32(45)16-18-41(31,3)36-17-19-42(4)35(40(30)36)14-15-37(42)46/h22-23,26,30-31,35-37,40,46H,5-21,24-25,27-28H2,1-4H3,(H,43,47)(H,44,48)/t30-,31?,35+,36+,37+,40+,41+,42+/m1/s1. The van der Waals surface area contributed by atoms with Crippen molar-refractivity contribution in [2.24, 2.45) is 40.4 Å². The molecule has 2 amide bonds. The molecule has 0 bridgehead atoms. The first-order chi connectivity index (χ1) is 24.1. The van der Waals surface area contributed by atoms with Crippen LogP contribution < -0.4 is 20.1 Å². The molecule has 8 nitrogen and oxygen atoms in total. The molecule has 4 aliphatic rings. The van der Waals surface area contributed by atoms with Gasteiger partial charge < -0.3 is 25.2 Å². The third-order valence-corrected chi connectivity index (χ3v) is 13.5. The van der Waals surface area contributed by atoms with Gasteiger partial charge >= 0.3 is 0 Å². The first-order valence-corrected chi connectivity index (χ1v) is 20.2. The van der Waals surface area contributed by atoms with Gasteiger partial charge in [0.25, 0.3) is 11.8 Å². The summed E-state index contributed by atoms with van der Waals surface area (Å²) in [6, 6.07) is 5.79. The molecular weight excluding hydrogens is 628 g/mol. The van der Waals surface area contributed by atoms with Crippen molar-refractivity contribution < 1.29 is 29.0 Å². The van der Waals surface area contributed by atoms with Gasteiger partial charge in [0.05, 0.1) is 6.10 Å². The van der Waals surface area contributed by atoms with Crippen LogP contribution in [0.25, 0.3) is 0 Å². The Kier molecular flexibility index (Phi) is 13.7. The fraction of sp³-hybridized carbons (Fsp3) is 0.786. The summed E-state index contributed by atoms with van der Waals surface area (Å²) in [6.45, 7) is 10.3. The van der Waals surface area contributed by atoms with Crippen LogP contribution in [0.4, 0.5) is 0 Å². The Hall–Kier alpha value is -2.61. The van der Waals surface area contributed by atoms with E-state index in [1.54, 1.807) is 6.07 Å². The third kappa shape index (κ3) is 9.24. The summed E-state index contributed by atoms with van der Waals surface area (Å²) in [5.74, 6) is 4.08. The quantitative estimate of drug-likeness (QED) is 0.137. The van der Waals surface area contributed by atoms with E-state index in [1.165, 1.54) is 6.42 Å². The van der Waals surface area contributed by atoms with Crippen LogP contribution >= 0.6 is 0 Å². The smallest absolute Gasteiger partial charge is 0.257 e. The van der Waals surface area contributed by atoms with Gasteiger partial charge in [-0.15, -0.1) is 0 Å². The van der Waals surface area contributed by atoms with Gasteiger partial charge in [0, 0.05) is 32.0 Å². The molecule has 5 rings (SSSR count). The largest absolute Gasteiger partial charge is 0.484 e. The van der Waals surface area contributed by atoms with E-state index in [0.29, 0.717) is 60.0 Å². The maximum atomic E-state index is 12.7. The van der Waals surface area contributed by atoms with Crippen LogP contribution in [0.1, 0.15) is 136 Å². The molecule has 1 aromatic rings. The number of ketones is 1. The van der Waals surface area contributed by atoms with Crippen molar-refractivity contribution in [3.05, 3.63) is 23.8 Å². The zero-order valence-corrected chi connectivity index (χ0v) is 31.5. The molecule has 4 aliphatic carbocycles. The lowest BCUT2D eigenvalue weighted by Crippen LogP contribution is -2.57. The van der Waals surface area contributed by atoms with E-state index < -0.39 is 0 Å². The average Bonchev–Trinajstić information content (AvgIpc) is 3.41. The number of unbranched alkanes of at least 4 members (excludes halogenated alkanes) is 4. The van der Waals surface area contributed by atoms with Crippen molar-refractivity contribution in [1.82, 2.24) is 10.6 Å². The van der Waals surface area contributed by atoms with Gasteiger partial charge in [0.2, 0.25) is 0 Å². The van der Waals surface area contributed by atoms with Crippen molar-refractivity contribution >= 4 is 17.6 Å². The number of carbonyl (C=O) groups is 3. The highest BCUT2D eigenvalue weighted by atomic mass is 16.5. The fourth-order valence-corrected chi connectivity index (χ4v) is 10.6. The van der Waals surface area contributed by atoms with Crippen LogP contribution in [0.5, 0.6) is 11.5 Å². The maximum Gasteiger partial charge on any atom is 0.257 e. The molecule has 4 fully saturated rings. The van der Waals surface area contributed by atoms with Gasteiger partial charge in [0.1, 0.15) is 17.3 Å². The minimum atomic E-state index is -0.203. The minimum Gasteiger partial charge on any atom is -0.484 e. The number of fused-ring (bicyclic) bond motifs is 5. The molecular formula is C42H66N2O6. The lowest BCUT2D eigenvalue weighted by atomic mass is 9.42. The van der Waals surface area contributed by atoms with Crippen molar-refractivity contribution in [2.45, 2.75) is 143 Å². The van der Waals surface area contributed by atoms with Crippen LogP contribution in [0.2, 0.25) is 0 Å². The molecule has 0 radical (unpaired) electrons. The molecule has 0 saturated heterocycles. The molecule has 8 heteroatoms. The van der Waals surface area contributed by atoms with Gasteiger partial charge in [-0.25, -0.2) is 0 Å². The van der Waals surface area contributed by atoms with Gasteiger partial charge in [0.15, 0.2) is 13.2 Å². The van der Waals surface area contributed by atoms with Crippen LogP contribution in [0.15, 0.2) is 18.2 Å². The Morgan fingerprint density at radius 1 is 0.820 bits per heavy atom. The second kappa shape index (κ2) is 17.7. The van der Waals surface area contributed by atoms with Gasteiger partial charge in [-0.1, -0.05) is 53.4 Å². The number of aliphatic hydroxyl groups is 1. The Bertz CT molecular complexity index is 1250. The molecule has 0 heterocycles. The van der Waals surface area contributed by atoms with Crippen molar-refractivity contribution in [3.63, 3.8) is 0 Å². The number of amides is 2. The number of aryl methyl sites for hydroxylation is 1. The molecule has 8 atom stereocenters. The molecule has 0 spiro atoms. The molecule has 0 aliphatic heterocycles. The first-order valence-electron chi connectivity index (χ1n) is 20.2. The highest BCUT2D eigenvalue weighted by Crippen LogP contribution is 2.67. The van der Waals surface area contributed by atoms with E-state index in [2.05, 4.69) is 38.3 Å². The molecule has 1 unspecified atom stereocenters. The number of aliphatic hydroxyl groups excluding tert-OH is 1. The predicted octanol–water partition coefficient (Wildman–Crippen LogP) is 7.58. The van der Waals surface area contributed by atoms with Gasteiger partial charge in [-0.2, -0.15) is 0 Å². The van der Waals surface area contributed by atoms with Gasteiger partial charge in [-0.05, 0) is 129 Å². The Labute approximate surface area is 301 Å². The van der Waals surface area contributed by atoms with E-state index >= 15 is 0 Å². The molecule has 50 heavy (non-hydrogen) atoms. The molecule has 4 saturated carbocycles. The zero-order chi connectivity index (χ0) is 35.7. The van der Waals surface area contributed by atoms with E-state index in [4.69, 9.17) is 9.47 Å². The second-order valence-corrected chi connectivity index (χ2v) is 16.8. The highest BCUT2D eigenvalue weighted by molar-refractivity contribution is 5.80. The summed E-state index contributed by atoms with van der Waals surface area (Å²) < 4.78 is 11.9. The number of hydrogen-bond donors (Lipinski definition) is 3. The zero-order valence-electron chi connectivity index (χ0n) is 31.5. The number of rotatable bonds is 18. The van der Waals surface area contributed by atoms with Crippen LogP contribution in [0.3, 0.4) is 0 Å². The van der Waals surface area contributed by atoms with E-state index in [0.717, 1.165) is 108 Å². The number of carbonyl (C=O) groups excluding carboxylic acids is 3. The lowest BCUT2D eigenvalue weighted by Gasteiger charge is -2.62. The number of Topliss-reactive ketones (excluding diaryl/α,β-unsaturated/α-hetero) is 1. The Balaban J connectivity index is 1.26. The summed E-state index contributed by atoms with van der Waals surface area (Å²) in [4.78, 5) is 37.7. The molecule has 3 N–H and O–H groups in total. The summed E-state index contributed by atoms with van der Waals surface area (Å²) in [6.07, 6.45) is 16.9. The lowest BCUT2D eigenvalue weighted by molar-refractivity contribution is -0.156. The monoisotopic (exact) mass is 694 g/mol. The summed E-state index contributed by atoms with van der Waals surface area (Å²) in [5.41, 5.74) is 1.31.